The summed E-state index contributed by atoms with van der Waals surface area (Å²) in [6, 6.07) is 3.18. The molecule has 1 aromatic carbocycles. The molecule has 4 aliphatic rings. The van der Waals surface area contributed by atoms with Gasteiger partial charge in [0.1, 0.15) is 5.75 Å². The van der Waals surface area contributed by atoms with Crippen LogP contribution < -0.4 is 0 Å². The van der Waals surface area contributed by atoms with E-state index in [1.165, 1.54) is 51.0 Å². The number of hydrogen-bond donors (Lipinski definition) is 2. The molecular formula is C27H37Cl2NO2. The lowest BCUT2D eigenvalue weighted by Crippen LogP contribution is -2.56. The predicted octanol–water partition coefficient (Wildman–Crippen LogP) is 7.28. The van der Waals surface area contributed by atoms with Gasteiger partial charge < -0.3 is 10.2 Å². The molecule has 32 heavy (non-hydrogen) atoms. The Morgan fingerprint density at radius 2 is 1.78 bits per heavy atom. The molecule has 0 unspecified atom stereocenters. The van der Waals surface area contributed by atoms with Gasteiger partial charge in [-0.05, 0) is 92.6 Å². The molecule has 7 atom stereocenters. The lowest BCUT2D eigenvalue weighted by molar-refractivity contribution is -0.147. The molecule has 0 aromatic heterocycles. The van der Waals surface area contributed by atoms with E-state index in [1.807, 2.05) is 0 Å². The van der Waals surface area contributed by atoms with Crippen LogP contribution in [0.3, 0.4) is 0 Å². The maximum absolute atomic E-state index is 11.9. The summed E-state index contributed by atoms with van der Waals surface area (Å²) < 4.78 is 0. The Bertz CT molecular complexity index is 919. The molecule has 4 aliphatic carbocycles. The van der Waals surface area contributed by atoms with Crippen molar-refractivity contribution in [2.75, 3.05) is 6.54 Å². The smallest absolute Gasteiger partial charge is 0.143 e. The molecule has 5 rings (SSSR count). The monoisotopic (exact) mass is 477 g/mol. The molecule has 2 N–H and O–H groups in total. The minimum Gasteiger partial charge on any atom is -0.506 e. The molecule has 3 nitrogen and oxygen atoms in total. The number of aromatic hydroxyl groups is 1. The van der Waals surface area contributed by atoms with Crippen molar-refractivity contribution in [3.8, 4) is 5.75 Å². The summed E-state index contributed by atoms with van der Waals surface area (Å²) >= 11 is 12.1. The second-order valence-electron chi connectivity index (χ2n) is 11.7. The van der Waals surface area contributed by atoms with Gasteiger partial charge in [-0.15, -0.1) is 0 Å². The van der Waals surface area contributed by atoms with Crippen LogP contribution in [0.15, 0.2) is 17.1 Å². The number of aliphatic imine (C=N–C) groups is 1. The summed E-state index contributed by atoms with van der Waals surface area (Å²) in [4.78, 5) is 4.61. The van der Waals surface area contributed by atoms with Gasteiger partial charge in [0.15, 0.2) is 0 Å². The van der Waals surface area contributed by atoms with Gasteiger partial charge in [0.2, 0.25) is 0 Å². The molecule has 1 aromatic rings. The van der Waals surface area contributed by atoms with E-state index in [-0.39, 0.29) is 16.2 Å². The van der Waals surface area contributed by atoms with Gasteiger partial charge >= 0.3 is 0 Å². The Morgan fingerprint density at radius 1 is 1.00 bits per heavy atom. The van der Waals surface area contributed by atoms with E-state index in [9.17, 15) is 10.2 Å². The van der Waals surface area contributed by atoms with Crippen molar-refractivity contribution >= 4 is 29.4 Å². The molecule has 4 saturated carbocycles. The zero-order valence-electron chi connectivity index (χ0n) is 19.4. The van der Waals surface area contributed by atoms with Crippen LogP contribution in [0.4, 0.5) is 0 Å². The Morgan fingerprint density at radius 3 is 2.59 bits per heavy atom. The first-order chi connectivity index (χ1) is 15.2. The normalized spacial score (nSPS) is 43.7. The Hall–Kier alpha value is -0.770. The van der Waals surface area contributed by atoms with E-state index in [1.54, 1.807) is 12.3 Å². The van der Waals surface area contributed by atoms with E-state index >= 15 is 0 Å². The van der Waals surface area contributed by atoms with E-state index in [2.05, 4.69) is 18.8 Å². The van der Waals surface area contributed by atoms with Crippen molar-refractivity contribution in [3.05, 3.63) is 27.7 Å². The van der Waals surface area contributed by atoms with Crippen molar-refractivity contribution in [2.24, 2.45) is 39.5 Å². The Kier molecular flexibility index (Phi) is 5.87. The SMILES string of the molecule is C[C@]12CCCC[C@H]1CC[C@@H]1[C@@H]2CC[C@@]2(C)[C@H]1CC[C@]2(O)CN=Cc1cc(Cl)cc(Cl)c1O. The quantitative estimate of drug-likeness (QED) is 0.449. The summed E-state index contributed by atoms with van der Waals surface area (Å²) in [6.45, 7) is 5.30. The third-order valence-corrected chi connectivity index (χ3v) is 11.1. The molecule has 176 valence electrons. The summed E-state index contributed by atoms with van der Waals surface area (Å²) in [5.41, 5.74) is 0.141. The Balaban J connectivity index is 1.35. The third-order valence-electron chi connectivity index (χ3n) is 10.5. The van der Waals surface area contributed by atoms with Crippen LogP contribution in [-0.4, -0.2) is 28.6 Å². The molecule has 0 radical (unpaired) electrons. The highest BCUT2D eigenvalue weighted by Gasteiger charge is 2.64. The maximum atomic E-state index is 11.9. The average molecular weight is 479 g/mol. The van der Waals surface area contributed by atoms with Crippen molar-refractivity contribution < 1.29 is 10.2 Å². The van der Waals surface area contributed by atoms with Gasteiger partial charge in [0, 0.05) is 22.2 Å². The molecule has 0 aliphatic heterocycles. The maximum Gasteiger partial charge on any atom is 0.143 e. The third kappa shape index (κ3) is 3.45. The second-order valence-corrected chi connectivity index (χ2v) is 12.6. The summed E-state index contributed by atoms with van der Waals surface area (Å²) in [6.07, 6.45) is 14.3. The van der Waals surface area contributed by atoms with Crippen LogP contribution in [0.2, 0.25) is 10.0 Å². The molecule has 0 amide bonds. The van der Waals surface area contributed by atoms with E-state index in [4.69, 9.17) is 23.2 Å². The lowest BCUT2D eigenvalue weighted by atomic mass is 9.44. The minimum absolute atomic E-state index is 0.0136. The minimum atomic E-state index is -0.790. The van der Waals surface area contributed by atoms with Gasteiger partial charge in [-0.2, -0.15) is 0 Å². The zero-order valence-corrected chi connectivity index (χ0v) is 20.9. The number of nitrogens with zero attached hydrogens (tertiary/aromatic N) is 1. The topological polar surface area (TPSA) is 52.8 Å². The number of benzene rings is 1. The number of phenolic OH excluding ortho intramolecular Hbond substituents is 1. The van der Waals surface area contributed by atoms with Crippen LogP contribution in [0.1, 0.15) is 83.6 Å². The van der Waals surface area contributed by atoms with Crippen molar-refractivity contribution in [1.82, 2.24) is 0 Å². The first-order valence-corrected chi connectivity index (χ1v) is 13.3. The number of aliphatic hydroxyl groups is 1. The fraction of sp³-hybridized carbons (Fsp3) is 0.741. The van der Waals surface area contributed by atoms with Crippen LogP contribution in [-0.2, 0) is 0 Å². The average Bonchev–Trinajstić information content (AvgIpc) is 3.02. The van der Waals surface area contributed by atoms with Gasteiger partial charge in [-0.1, -0.05) is 49.9 Å². The number of rotatable bonds is 3. The first-order valence-electron chi connectivity index (χ1n) is 12.6. The van der Waals surface area contributed by atoms with Crippen molar-refractivity contribution in [1.29, 1.82) is 0 Å². The molecule has 4 fully saturated rings. The largest absolute Gasteiger partial charge is 0.506 e. The summed E-state index contributed by atoms with van der Waals surface area (Å²) in [5.74, 6) is 3.08. The standard InChI is InChI=1S/C27H37Cl2NO2/c1-25-10-4-3-5-18(25)6-7-20-21(25)8-11-26(2)22(20)9-12-27(26,32)16-30-15-17-13-19(28)14-23(29)24(17)31/h13-15,18,20-22,31-32H,3-12,16H2,1-2H3/t18-,20+,21-,22-,25-,26-,27-/m0/s1. The number of halogens is 2. The van der Waals surface area contributed by atoms with Gasteiger partial charge in [-0.3, -0.25) is 4.99 Å². The van der Waals surface area contributed by atoms with E-state index in [0.717, 1.165) is 37.0 Å². The summed E-state index contributed by atoms with van der Waals surface area (Å²) in [5, 5.41) is 22.8. The van der Waals surface area contributed by atoms with Gasteiger partial charge in [0.05, 0.1) is 17.2 Å². The highest BCUT2D eigenvalue weighted by molar-refractivity contribution is 6.36. The van der Waals surface area contributed by atoms with Gasteiger partial charge in [-0.25, -0.2) is 0 Å². The predicted molar refractivity (Wildman–Crippen MR) is 132 cm³/mol. The molecule has 5 heteroatoms. The van der Waals surface area contributed by atoms with Gasteiger partial charge in [0.25, 0.3) is 0 Å². The fourth-order valence-electron chi connectivity index (χ4n) is 8.64. The molecule has 0 bridgehead atoms. The fourth-order valence-corrected chi connectivity index (χ4v) is 9.15. The molecule has 0 spiro atoms. The summed E-state index contributed by atoms with van der Waals surface area (Å²) in [7, 11) is 0. The number of phenols is 1. The number of hydrogen-bond acceptors (Lipinski definition) is 3. The van der Waals surface area contributed by atoms with Crippen LogP contribution >= 0.6 is 23.2 Å². The highest BCUT2D eigenvalue weighted by Crippen LogP contribution is 2.68. The van der Waals surface area contributed by atoms with Crippen molar-refractivity contribution in [3.63, 3.8) is 0 Å². The van der Waals surface area contributed by atoms with Crippen LogP contribution in [0.25, 0.3) is 0 Å². The molecule has 0 saturated heterocycles. The first kappa shape index (κ1) is 23.0. The highest BCUT2D eigenvalue weighted by atomic mass is 35.5. The van der Waals surface area contributed by atoms with Crippen LogP contribution in [0.5, 0.6) is 5.75 Å². The lowest BCUT2D eigenvalue weighted by Gasteiger charge is -2.61. The molecule has 0 heterocycles. The Labute approximate surface area is 202 Å². The number of fused-ring (bicyclic) bond motifs is 5. The van der Waals surface area contributed by atoms with E-state index in [0.29, 0.717) is 28.5 Å². The van der Waals surface area contributed by atoms with Crippen LogP contribution in [0, 0.1) is 34.5 Å². The second kappa shape index (κ2) is 8.17. The van der Waals surface area contributed by atoms with Crippen molar-refractivity contribution in [2.45, 2.75) is 83.7 Å². The van der Waals surface area contributed by atoms with E-state index < -0.39 is 5.60 Å². The molecular weight excluding hydrogens is 441 g/mol. The zero-order chi connectivity index (χ0) is 22.7.